The molecule has 0 aromatic carbocycles. The van der Waals surface area contributed by atoms with Crippen LogP contribution in [-0.2, 0) is 14.2 Å². The lowest BCUT2D eigenvalue weighted by Gasteiger charge is -2.41. The Kier molecular flexibility index (Phi) is 7.65. The fraction of sp³-hybridized carbons (Fsp3) is 0.889. The summed E-state index contributed by atoms with van der Waals surface area (Å²) in [7, 11) is 0. The SMILES string of the molecule is CC(C)=CC[C@H]1O[C@@]1(C)C1OC12CCC(OC(=O)N1CC(CCN3CCN(CC(F)F)CC3)C1)CC2. The predicted molar refractivity (Wildman–Crippen MR) is 132 cm³/mol. The summed E-state index contributed by atoms with van der Waals surface area (Å²) in [6.45, 7) is 11.9. The average molecular weight is 512 g/mol. The van der Waals surface area contributed by atoms with Crippen LogP contribution < -0.4 is 0 Å². The molecule has 4 heterocycles. The molecule has 4 aliphatic heterocycles. The molecule has 4 saturated heterocycles. The first-order valence-corrected chi connectivity index (χ1v) is 13.8. The van der Waals surface area contributed by atoms with Crippen LogP contribution in [-0.4, -0.2) is 109 Å². The van der Waals surface area contributed by atoms with Crippen molar-refractivity contribution in [2.45, 2.75) is 95.2 Å². The van der Waals surface area contributed by atoms with E-state index < -0.39 is 6.43 Å². The van der Waals surface area contributed by atoms with Gasteiger partial charge in [0.05, 0.1) is 18.2 Å². The number of carbonyl (C=O) groups is 1. The van der Waals surface area contributed by atoms with Crippen LogP contribution in [0, 0.1) is 5.92 Å². The monoisotopic (exact) mass is 511 g/mol. The first-order chi connectivity index (χ1) is 17.2. The number of epoxide rings is 2. The molecule has 0 N–H and O–H groups in total. The van der Waals surface area contributed by atoms with Crippen molar-refractivity contribution < 1.29 is 27.8 Å². The van der Waals surface area contributed by atoms with Crippen LogP contribution in [0.4, 0.5) is 13.6 Å². The quantitative estimate of drug-likeness (QED) is 0.346. The van der Waals surface area contributed by atoms with Gasteiger partial charge in [0.15, 0.2) is 0 Å². The minimum absolute atomic E-state index is 0.0223. The molecule has 1 unspecified atom stereocenters. The summed E-state index contributed by atoms with van der Waals surface area (Å²) in [5.41, 5.74) is 1.07. The van der Waals surface area contributed by atoms with Crippen LogP contribution in [0.3, 0.4) is 0 Å². The average Bonchev–Trinajstić information content (AvgIpc) is 3.69. The van der Waals surface area contributed by atoms with Crippen molar-refractivity contribution in [2.75, 3.05) is 52.4 Å². The largest absolute Gasteiger partial charge is 0.446 e. The number of rotatable bonds is 9. The van der Waals surface area contributed by atoms with Gasteiger partial charge in [0.1, 0.15) is 17.8 Å². The van der Waals surface area contributed by atoms with E-state index in [2.05, 4.69) is 31.7 Å². The summed E-state index contributed by atoms with van der Waals surface area (Å²) in [4.78, 5) is 18.6. The van der Waals surface area contributed by atoms with Crippen molar-refractivity contribution in [3.05, 3.63) is 11.6 Å². The number of hydrogen-bond acceptors (Lipinski definition) is 6. The maximum absolute atomic E-state index is 12.6. The Morgan fingerprint density at radius 1 is 1.08 bits per heavy atom. The first kappa shape index (κ1) is 26.3. The molecule has 0 bridgehead atoms. The van der Waals surface area contributed by atoms with Gasteiger partial charge in [0.2, 0.25) is 0 Å². The van der Waals surface area contributed by atoms with Gasteiger partial charge in [-0.2, -0.15) is 0 Å². The van der Waals surface area contributed by atoms with Crippen molar-refractivity contribution in [3.63, 3.8) is 0 Å². The van der Waals surface area contributed by atoms with E-state index in [1.165, 1.54) is 5.57 Å². The molecule has 0 aromatic heterocycles. The van der Waals surface area contributed by atoms with E-state index in [9.17, 15) is 13.6 Å². The minimum atomic E-state index is -2.25. The summed E-state index contributed by atoms with van der Waals surface area (Å²) in [5.74, 6) is 0.505. The molecule has 5 aliphatic rings. The maximum Gasteiger partial charge on any atom is 0.410 e. The number of carbonyl (C=O) groups excluding carboxylic acids is 1. The van der Waals surface area contributed by atoms with Crippen LogP contribution in [0.5, 0.6) is 0 Å². The number of ether oxygens (including phenoxy) is 3. The molecule has 1 spiro atoms. The molecule has 0 aromatic rings. The Labute approximate surface area is 214 Å². The zero-order valence-electron chi connectivity index (χ0n) is 22.1. The molecule has 204 valence electrons. The van der Waals surface area contributed by atoms with Crippen LogP contribution in [0.15, 0.2) is 11.6 Å². The standard InChI is InChI=1S/C27H43F2N3O4/c1-19(2)4-5-22-26(3,35-22)24-27(36-24)9-6-21(7-10-27)34-25(33)32-16-20(17-32)8-11-30-12-14-31(15-13-30)18-23(28)29/h4,20-24H,5-18H2,1-3H3/t21?,22-,24?,26-,27?/m1/s1. The van der Waals surface area contributed by atoms with E-state index in [1.807, 2.05) is 9.80 Å². The summed E-state index contributed by atoms with van der Waals surface area (Å²) in [5, 5.41) is 0. The third-order valence-electron chi connectivity index (χ3n) is 8.99. The predicted octanol–water partition coefficient (Wildman–Crippen LogP) is 3.92. The molecule has 9 heteroatoms. The van der Waals surface area contributed by atoms with E-state index in [0.29, 0.717) is 19.0 Å². The summed E-state index contributed by atoms with van der Waals surface area (Å²) in [6.07, 6.45) is 5.75. The second kappa shape index (κ2) is 10.5. The Bertz CT molecular complexity index is 816. The molecular formula is C27H43F2N3O4. The lowest BCUT2D eigenvalue weighted by molar-refractivity contribution is 0.00341. The number of allylic oxidation sites excluding steroid dienone is 1. The fourth-order valence-electron chi connectivity index (χ4n) is 6.42. The summed E-state index contributed by atoms with van der Waals surface area (Å²) >= 11 is 0. The number of halogens is 2. The Morgan fingerprint density at radius 3 is 2.39 bits per heavy atom. The van der Waals surface area contributed by atoms with Crippen molar-refractivity contribution >= 4 is 6.09 Å². The molecular weight excluding hydrogens is 468 g/mol. The van der Waals surface area contributed by atoms with Crippen LogP contribution in [0.1, 0.15) is 59.3 Å². The zero-order valence-corrected chi connectivity index (χ0v) is 22.1. The summed E-state index contributed by atoms with van der Waals surface area (Å²) in [6, 6.07) is 0. The number of alkyl halides is 2. The lowest BCUT2D eigenvalue weighted by Crippen LogP contribution is -2.53. The highest BCUT2D eigenvalue weighted by atomic mass is 19.3. The van der Waals surface area contributed by atoms with Gasteiger partial charge in [-0.15, -0.1) is 0 Å². The van der Waals surface area contributed by atoms with Crippen molar-refractivity contribution in [1.82, 2.24) is 14.7 Å². The van der Waals surface area contributed by atoms with Gasteiger partial charge in [-0.3, -0.25) is 4.90 Å². The van der Waals surface area contributed by atoms with Gasteiger partial charge in [-0.05, 0) is 71.8 Å². The molecule has 1 saturated carbocycles. The molecule has 7 nitrogen and oxygen atoms in total. The molecule has 0 radical (unpaired) electrons. The number of amides is 1. The highest BCUT2D eigenvalue weighted by Gasteiger charge is 2.73. The Hall–Kier alpha value is -1.29. The number of nitrogens with zero attached hydrogens (tertiary/aromatic N) is 3. The second-order valence-electron chi connectivity index (χ2n) is 12.0. The molecule has 5 rings (SSSR count). The highest BCUT2D eigenvalue weighted by molar-refractivity contribution is 5.68. The van der Waals surface area contributed by atoms with Gasteiger partial charge < -0.3 is 24.0 Å². The molecule has 1 amide bonds. The van der Waals surface area contributed by atoms with Crippen molar-refractivity contribution in [3.8, 4) is 0 Å². The highest BCUT2D eigenvalue weighted by Crippen LogP contribution is 2.60. The fourth-order valence-corrected chi connectivity index (χ4v) is 6.42. The third-order valence-corrected chi connectivity index (χ3v) is 8.99. The topological polar surface area (TPSA) is 61.1 Å². The van der Waals surface area contributed by atoms with E-state index in [4.69, 9.17) is 14.2 Å². The van der Waals surface area contributed by atoms with Crippen molar-refractivity contribution in [1.29, 1.82) is 0 Å². The Morgan fingerprint density at radius 2 is 1.75 bits per heavy atom. The van der Waals surface area contributed by atoms with Crippen LogP contribution in [0.25, 0.3) is 0 Å². The maximum atomic E-state index is 12.6. The van der Waals surface area contributed by atoms with Gasteiger partial charge in [0.25, 0.3) is 6.43 Å². The first-order valence-electron chi connectivity index (χ1n) is 13.8. The number of hydrogen-bond donors (Lipinski definition) is 0. The summed E-state index contributed by atoms with van der Waals surface area (Å²) < 4.78 is 43.1. The van der Waals surface area contributed by atoms with Crippen LogP contribution >= 0.6 is 0 Å². The van der Waals surface area contributed by atoms with E-state index in [0.717, 1.165) is 71.2 Å². The van der Waals surface area contributed by atoms with Crippen LogP contribution in [0.2, 0.25) is 0 Å². The van der Waals surface area contributed by atoms with Crippen molar-refractivity contribution in [2.24, 2.45) is 5.92 Å². The molecule has 5 fully saturated rings. The number of piperazine rings is 1. The van der Waals surface area contributed by atoms with Gasteiger partial charge in [-0.1, -0.05) is 11.6 Å². The smallest absolute Gasteiger partial charge is 0.410 e. The lowest BCUT2D eigenvalue weighted by atomic mass is 9.80. The molecule has 3 atom stereocenters. The third kappa shape index (κ3) is 5.89. The normalized spacial score (nSPS) is 37.2. The van der Waals surface area contributed by atoms with Gasteiger partial charge in [0, 0.05) is 39.3 Å². The van der Waals surface area contributed by atoms with E-state index in [1.54, 1.807) is 0 Å². The number of likely N-dealkylation sites (tertiary alicyclic amines) is 1. The van der Waals surface area contributed by atoms with Gasteiger partial charge in [-0.25, -0.2) is 13.6 Å². The molecule has 36 heavy (non-hydrogen) atoms. The van der Waals surface area contributed by atoms with E-state index >= 15 is 0 Å². The minimum Gasteiger partial charge on any atom is -0.446 e. The second-order valence-corrected chi connectivity index (χ2v) is 12.0. The van der Waals surface area contributed by atoms with Gasteiger partial charge >= 0.3 is 6.09 Å². The van der Waals surface area contributed by atoms with E-state index in [-0.39, 0.29) is 42.2 Å². The Balaban J connectivity index is 0.945. The molecule has 1 aliphatic carbocycles. The zero-order chi connectivity index (χ0) is 25.5.